The van der Waals surface area contributed by atoms with Gasteiger partial charge in [-0.2, -0.15) is 0 Å². The van der Waals surface area contributed by atoms with E-state index in [0.29, 0.717) is 23.0 Å². The zero-order valence-electron chi connectivity index (χ0n) is 14.0. The Bertz CT molecular complexity index is 781. The lowest BCUT2D eigenvalue weighted by atomic mass is 9.80. The second-order valence-corrected chi connectivity index (χ2v) is 7.02. The Morgan fingerprint density at radius 1 is 1.35 bits per heavy atom. The van der Waals surface area contributed by atoms with Gasteiger partial charge in [0.15, 0.2) is 0 Å². The van der Waals surface area contributed by atoms with E-state index in [0.717, 1.165) is 25.9 Å². The lowest BCUT2D eigenvalue weighted by molar-refractivity contribution is 0.0892. The smallest absolute Gasteiger partial charge is 0.274 e. The molecule has 2 aromatic heterocycles. The quantitative estimate of drug-likeness (QED) is 0.897. The van der Waals surface area contributed by atoms with Crippen LogP contribution in [-0.4, -0.2) is 47.0 Å². The van der Waals surface area contributed by atoms with Crippen molar-refractivity contribution in [3.63, 3.8) is 0 Å². The molecule has 0 unspecified atom stereocenters. The van der Waals surface area contributed by atoms with Crippen molar-refractivity contribution in [3.05, 3.63) is 34.4 Å². The summed E-state index contributed by atoms with van der Waals surface area (Å²) in [5, 5.41) is 3.75. The van der Waals surface area contributed by atoms with Crippen molar-refractivity contribution in [2.75, 3.05) is 26.7 Å². The molecule has 0 bridgehead atoms. The molecular weight excluding hydrogens is 292 g/mol. The summed E-state index contributed by atoms with van der Waals surface area (Å²) in [6, 6.07) is 1.78. The predicted octanol–water partition coefficient (Wildman–Crippen LogP) is 1.33. The summed E-state index contributed by atoms with van der Waals surface area (Å²) < 4.78 is 1.45. The van der Waals surface area contributed by atoms with Gasteiger partial charge in [0.1, 0.15) is 5.52 Å². The Labute approximate surface area is 135 Å². The molecule has 0 aliphatic carbocycles. The van der Waals surface area contributed by atoms with Gasteiger partial charge in [-0.15, -0.1) is 0 Å². The largest absolute Gasteiger partial charge is 0.357 e. The van der Waals surface area contributed by atoms with E-state index in [4.69, 9.17) is 0 Å². The van der Waals surface area contributed by atoms with Gasteiger partial charge < -0.3 is 19.8 Å². The van der Waals surface area contributed by atoms with Crippen LogP contribution in [0.2, 0.25) is 0 Å². The maximum absolute atomic E-state index is 12.6. The van der Waals surface area contributed by atoms with Gasteiger partial charge in [0.05, 0.1) is 5.56 Å². The van der Waals surface area contributed by atoms with Crippen molar-refractivity contribution >= 4 is 16.8 Å². The third-order valence-corrected chi connectivity index (χ3v) is 5.01. The van der Waals surface area contributed by atoms with Gasteiger partial charge in [0.25, 0.3) is 11.5 Å². The number of hydrogen-bond donors (Lipinski definition) is 2. The number of aryl methyl sites for hydroxylation is 1. The number of pyridine rings is 1. The van der Waals surface area contributed by atoms with E-state index in [2.05, 4.69) is 29.2 Å². The summed E-state index contributed by atoms with van der Waals surface area (Å²) >= 11 is 0. The fraction of sp³-hybridized carbons (Fsp3) is 0.529. The molecule has 6 nitrogen and oxygen atoms in total. The Balaban J connectivity index is 1.78. The molecular formula is C17H24N4O2. The van der Waals surface area contributed by atoms with Gasteiger partial charge in [-0.25, -0.2) is 0 Å². The molecule has 3 heterocycles. The van der Waals surface area contributed by atoms with Crippen LogP contribution in [0, 0.1) is 5.41 Å². The minimum atomic E-state index is -0.121. The molecule has 23 heavy (non-hydrogen) atoms. The number of hydrogen-bond acceptors (Lipinski definition) is 3. The molecule has 3 rings (SSSR count). The van der Waals surface area contributed by atoms with Crippen molar-refractivity contribution in [1.82, 2.24) is 19.8 Å². The highest BCUT2D eigenvalue weighted by Gasteiger charge is 2.29. The van der Waals surface area contributed by atoms with Crippen LogP contribution in [0.3, 0.4) is 0 Å². The molecule has 0 atom stereocenters. The number of H-pyrrole nitrogens is 1. The first-order valence-electron chi connectivity index (χ1n) is 8.03. The van der Waals surface area contributed by atoms with E-state index in [-0.39, 0.29) is 16.9 Å². The third kappa shape index (κ3) is 3.03. The summed E-state index contributed by atoms with van der Waals surface area (Å²) in [5.41, 5.74) is 1.04. The topological polar surface area (TPSA) is 70.1 Å². The molecule has 0 aromatic carbocycles. The summed E-state index contributed by atoms with van der Waals surface area (Å²) in [6.45, 7) is 5.02. The van der Waals surface area contributed by atoms with Crippen molar-refractivity contribution in [1.29, 1.82) is 0 Å². The molecule has 1 amide bonds. The number of nitrogens with zero attached hydrogens (tertiary/aromatic N) is 2. The van der Waals surface area contributed by atoms with Gasteiger partial charge in [0, 0.05) is 31.4 Å². The minimum absolute atomic E-state index is 0.120. The Kier molecular flexibility index (Phi) is 4.02. The van der Waals surface area contributed by atoms with Crippen molar-refractivity contribution in [2.45, 2.75) is 19.8 Å². The van der Waals surface area contributed by atoms with Crippen LogP contribution in [0.25, 0.3) is 10.9 Å². The second kappa shape index (κ2) is 5.85. The van der Waals surface area contributed by atoms with Gasteiger partial charge in [-0.3, -0.25) is 9.59 Å². The van der Waals surface area contributed by atoms with Crippen LogP contribution < -0.4 is 10.9 Å². The minimum Gasteiger partial charge on any atom is -0.357 e. The van der Waals surface area contributed by atoms with E-state index in [1.54, 1.807) is 25.5 Å². The van der Waals surface area contributed by atoms with Crippen molar-refractivity contribution < 1.29 is 4.79 Å². The number of fused-ring (bicyclic) bond motifs is 1. The van der Waals surface area contributed by atoms with Crippen LogP contribution in [-0.2, 0) is 7.05 Å². The number of carbonyl (C=O) groups is 1. The average Bonchev–Trinajstić information content (AvgIpc) is 3.02. The normalized spacial score (nSPS) is 18.2. The first-order valence-corrected chi connectivity index (χ1v) is 8.03. The van der Waals surface area contributed by atoms with E-state index in [1.165, 1.54) is 4.57 Å². The highest BCUT2D eigenvalue weighted by atomic mass is 16.2. The maximum atomic E-state index is 12.6. The molecule has 2 N–H and O–H groups in total. The average molecular weight is 316 g/mol. The number of carbonyl (C=O) groups excluding carboxylic acids is 1. The van der Waals surface area contributed by atoms with Crippen molar-refractivity contribution in [3.8, 4) is 0 Å². The summed E-state index contributed by atoms with van der Waals surface area (Å²) in [7, 11) is 3.79. The van der Waals surface area contributed by atoms with Crippen LogP contribution in [0.4, 0.5) is 0 Å². The Morgan fingerprint density at radius 2 is 2.04 bits per heavy atom. The molecule has 0 radical (unpaired) electrons. The molecule has 1 aliphatic heterocycles. The SMILES string of the molecule is CN1CCC(C)(CNC(=O)c2cn(C)c(=O)c3[nH]ccc23)CC1. The molecule has 2 aromatic rings. The molecule has 1 saturated heterocycles. The Hall–Kier alpha value is -2.08. The molecule has 1 fully saturated rings. The van der Waals surface area contributed by atoms with Gasteiger partial charge in [0.2, 0.25) is 0 Å². The number of aromatic amines is 1. The number of amides is 1. The van der Waals surface area contributed by atoms with Gasteiger partial charge in [-0.05, 0) is 44.5 Å². The molecule has 1 aliphatic rings. The van der Waals surface area contributed by atoms with Crippen LogP contribution in [0.15, 0.2) is 23.3 Å². The van der Waals surface area contributed by atoms with E-state index >= 15 is 0 Å². The number of piperidine rings is 1. The van der Waals surface area contributed by atoms with Gasteiger partial charge in [-0.1, -0.05) is 6.92 Å². The number of rotatable bonds is 3. The van der Waals surface area contributed by atoms with Crippen LogP contribution in [0.1, 0.15) is 30.1 Å². The first kappa shape index (κ1) is 15.8. The molecule has 0 saturated carbocycles. The number of nitrogens with one attached hydrogen (secondary N) is 2. The highest BCUT2D eigenvalue weighted by molar-refractivity contribution is 6.05. The highest BCUT2D eigenvalue weighted by Crippen LogP contribution is 2.29. The Morgan fingerprint density at radius 3 is 2.74 bits per heavy atom. The van der Waals surface area contributed by atoms with Crippen LogP contribution >= 0.6 is 0 Å². The van der Waals surface area contributed by atoms with E-state index in [9.17, 15) is 9.59 Å². The van der Waals surface area contributed by atoms with Crippen LogP contribution in [0.5, 0.6) is 0 Å². The summed E-state index contributed by atoms with van der Waals surface area (Å²) in [4.78, 5) is 29.9. The van der Waals surface area contributed by atoms with E-state index < -0.39 is 0 Å². The third-order valence-electron chi connectivity index (χ3n) is 5.01. The number of aromatic nitrogens is 2. The van der Waals surface area contributed by atoms with Crippen molar-refractivity contribution in [2.24, 2.45) is 12.5 Å². The fourth-order valence-electron chi connectivity index (χ4n) is 3.17. The van der Waals surface area contributed by atoms with E-state index in [1.807, 2.05) is 0 Å². The summed E-state index contributed by atoms with van der Waals surface area (Å²) in [5.74, 6) is -0.120. The monoisotopic (exact) mass is 316 g/mol. The molecule has 6 heteroatoms. The lowest BCUT2D eigenvalue weighted by Crippen LogP contribution is -2.43. The maximum Gasteiger partial charge on any atom is 0.274 e. The summed E-state index contributed by atoms with van der Waals surface area (Å²) in [6.07, 6.45) is 5.47. The number of likely N-dealkylation sites (tertiary alicyclic amines) is 1. The second-order valence-electron chi connectivity index (χ2n) is 7.02. The molecule has 124 valence electrons. The molecule has 0 spiro atoms. The lowest BCUT2D eigenvalue weighted by Gasteiger charge is -2.37. The van der Waals surface area contributed by atoms with Gasteiger partial charge >= 0.3 is 0 Å². The zero-order chi connectivity index (χ0) is 16.6. The predicted molar refractivity (Wildman–Crippen MR) is 90.7 cm³/mol. The standard InChI is InChI=1S/C17H24N4O2/c1-17(5-8-20(2)9-6-17)11-19-15(22)13-10-21(3)16(23)14-12(13)4-7-18-14/h4,7,10,18H,5-6,8-9,11H2,1-3H3,(H,19,22). The fourth-order valence-corrected chi connectivity index (χ4v) is 3.17. The first-order chi connectivity index (χ1) is 10.9. The zero-order valence-corrected chi connectivity index (χ0v) is 14.0.